The topological polar surface area (TPSA) is 0 Å². The fourth-order valence-electron chi connectivity index (χ4n) is 5.33. The van der Waals surface area contributed by atoms with Gasteiger partial charge in [-0.2, -0.15) is 0 Å². The van der Waals surface area contributed by atoms with Crippen LogP contribution in [0.4, 0.5) is 0 Å². The van der Waals surface area contributed by atoms with Crippen LogP contribution in [-0.4, -0.2) is 0 Å². The molecule has 1 radical (unpaired) electrons. The van der Waals surface area contributed by atoms with E-state index in [9.17, 15) is 0 Å². The average Bonchev–Trinajstić information content (AvgIpc) is 2.83. The molecule has 0 unspecified atom stereocenters. The van der Waals surface area contributed by atoms with Crippen molar-refractivity contribution in [2.24, 2.45) is 5.92 Å². The third kappa shape index (κ3) is 32.0. The summed E-state index contributed by atoms with van der Waals surface area (Å²) in [5.74, 6) is 0.896. The molecule has 0 aromatic heterocycles. The number of hydrogen-bond donors (Lipinski definition) is 0. The fraction of sp³-hybridized carbons (Fsp3) is 0.971. The first-order valence-corrected chi connectivity index (χ1v) is 16.6. The summed E-state index contributed by atoms with van der Waals surface area (Å²) in [5.41, 5.74) is 0. The SMILES string of the molecule is [CH2]CCCCCCCCCCCCCCCCCCCCCCCCCCCCCCC(C)C. The van der Waals surface area contributed by atoms with Gasteiger partial charge in [-0.1, -0.05) is 213 Å². The first-order chi connectivity index (χ1) is 16.8. The van der Waals surface area contributed by atoms with Crippen LogP contribution in [0, 0.1) is 12.8 Å². The van der Waals surface area contributed by atoms with Crippen molar-refractivity contribution in [2.45, 2.75) is 206 Å². The van der Waals surface area contributed by atoms with Gasteiger partial charge in [0.15, 0.2) is 0 Å². The highest BCUT2D eigenvalue weighted by atomic mass is 14.0. The maximum absolute atomic E-state index is 3.92. The molecule has 0 saturated heterocycles. The van der Waals surface area contributed by atoms with Crippen molar-refractivity contribution in [3.8, 4) is 0 Å². The molecule has 0 nitrogen and oxygen atoms in total. The second kappa shape index (κ2) is 31.0. The molecule has 0 N–H and O–H groups in total. The Morgan fingerprint density at radius 3 is 0.647 bits per heavy atom. The lowest BCUT2D eigenvalue weighted by Gasteiger charge is -2.05. The second-order valence-electron chi connectivity index (χ2n) is 11.9. The zero-order valence-corrected chi connectivity index (χ0v) is 24.5. The Morgan fingerprint density at radius 2 is 0.471 bits per heavy atom. The summed E-state index contributed by atoms with van der Waals surface area (Å²) in [7, 11) is 0. The van der Waals surface area contributed by atoms with Crippen LogP contribution in [0.1, 0.15) is 206 Å². The Bertz CT molecular complexity index is 331. The summed E-state index contributed by atoms with van der Waals surface area (Å²) in [4.78, 5) is 0. The molecule has 0 saturated carbocycles. The van der Waals surface area contributed by atoms with Gasteiger partial charge in [-0.3, -0.25) is 0 Å². The van der Waals surface area contributed by atoms with Crippen LogP contribution < -0.4 is 0 Å². The second-order valence-corrected chi connectivity index (χ2v) is 11.9. The summed E-state index contributed by atoms with van der Waals surface area (Å²) >= 11 is 0. The van der Waals surface area contributed by atoms with Gasteiger partial charge in [0.05, 0.1) is 0 Å². The predicted molar refractivity (Wildman–Crippen MR) is 159 cm³/mol. The van der Waals surface area contributed by atoms with Crippen LogP contribution in [0.3, 0.4) is 0 Å². The van der Waals surface area contributed by atoms with Crippen molar-refractivity contribution >= 4 is 0 Å². The molecule has 34 heavy (non-hydrogen) atoms. The fourth-order valence-corrected chi connectivity index (χ4v) is 5.33. The van der Waals surface area contributed by atoms with E-state index in [0.29, 0.717) is 0 Å². The minimum absolute atomic E-state index is 0.896. The minimum Gasteiger partial charge on any atom is -0.0628 e. The normalized spacial score (nSPS) is 11.6. The van der Waals surface area contributed by atoms with Gasteiger partial charge in [-0.05, 0) is 5.92 Å². The standard InChI is InChI=1S/C34H69/c1-4-5-6-7-8-9-10-11-12-13-14-15-16-17-18-19-20-21-22-23-24-25-26-27-28-29-30-31-32-33-34(2)3/h34H,1,4-33H2,2-3H3. The van der Waals surface area contributed by atoms with Gasteiger partial charge in [-0.15, -0.1) is 0 Å². The molecule has 0 aromatic rings. The predicted octanol–water partition coefficient (Wildman–Crippen LogP) is 13.2. The molecule has 0 amide bonds. The van der Waals surface area contributed by atoms with Crippen molar-refractivity contribution in [1.82, 2.24) is 0 Å². The minimum atomic E-state index is 0.896. The molecule has 0 aliphatic heterocycles. The smallest absolute Gasteiger partial charge is 0.0471 e. The third-order valence-electron chi connectivity index (χ3n) is 7.78. The van der Waals surface area contributed by atoms with Crippen LogP contribution in [0.2, 0.25) is 0 Å². The molecule has 0 aromatic carbocycles. The van der Waals surface area contributed by atoms with E-state index in [1.807, 2.05) is 0 Å². The average molecular weight is 478 g/mol. The first-order valence-electron chi connectivity index (χ1n) is 16.6. The van der Waals surface area contributed by atoms with Crippen molar-refractivity contribution in [3.63, 3.8) is 0 Å². The maximum Gasteiger partial charge on any atom is -0.0471 e. The third-order valence-corrected chi connectivity index (χ3v) is 7.78. The summed E-state index contributed by atoms with van der Waals surface area (Å²) in [6, 6.07) is 0. The highest BCUT2D eigenvalue weighted by molar-refractivity contribution is 4.53. The quantitative estimate of drug-likeness (QED) is 0.0902. The van der Waals surface area contributed by atoms with E-state index in [-0.39, 0.29) is 0 Å². The van der Waals surface area contributed by atoms with Crippen LogP contribution in [0.15, 0.2) is 0 Å². The van der Waals surface area contributed by atoms with E-state index >= 15 is 0 Å². The highest BCUT2D eigenvalue weighted by Crippen LogP contribution is 2.16. The largest absolute Gasteiger partial charge is 0.0628 e. The molecule has 0 aliphatic carbocycles. The van der Waals surface area contributed by atoms with Gasteiger partial charge in [-0.25, -0.2) is 0 Å². The van der Waals surface area contributed by atoms with Gasteiger partial charge in [0.25, 0.3) is 0 Å². The lowest BCUT2D eigenvalue weighted by Crippen LogP contribution is -1.87. The van der Waals surface area contributed by atoms with Crippen molar-refractivity contribution in [3.05, 3.63) is 6.92 Å². The van der Waals surface area contributed by atoms with E-state index < -0.39 is 0 Å². The first kappa shape index (κ1) is 34.0. The maximum atomic E-state index is 3.92. The number of rotatable bonds is 30. The lowest BCUT2D eigenvalue weighted by molar-refractivity contribution is 0.500. The number of unbranched alkanes of at least 4 members (excludes halogenated alkanes) is 28. The van der Waals surface area contributed by atoms with Crippen molar-refractivity contribution < 1.29 is 0 Å². The molecule has 0 atom stereocenters. The lowest BCUT2D eigenvalue weighted by atomic mass is 10.0. The Hall–Kier alpha value is 0. The van der Waals surface area contributed by atoms with Crippen LogP contribution in [0.25, 0.3) is 0 Å². The molecule has 0 rings (SSSR count). The van der Waals surface area contributed by atoms with E-state index in [4.69, 9.17) is 0 Å². The van der Waals surface area contributed by atoms with Crippen molar-refractivity contribution in [1.29, 1.82) is 0 Å². The summed E-state index contributed by atoms with van der Waals surface area (Å²) < 4.78 is 0. The van der Waals surface area contributed by atoms with E-state index in [2.05, 4.69) is 20.8 Å². The summed E-state index contributed by atoms with van der Waals surface area (Å²) in [6.07, 6.45) is 43.8. The van der Waals surface area contributed by atoms with Crippen LogP contribution in [0.5, 0.6) is 0 Å². The van der Waals surface area contributed by atoms with Gasteiger partial charge in [0.1, 0.15) is 0 Å². The van der Waals surface area contributed by atoms with Gasteiger partial charge < -0.3 is 0 Å². The van der Waals surface area contributed by atoms with Crippen molar-refractivity contribution in [2.75, 3.05) is 0 Å². The Labute approximate surface area is 219 Å². The summed E-state index contributed by atoms with van der Waals surface area (Å²) in [5, 5.41) is 0. The molecular weight excluding hydrogens is 408 g/mol. The molecule has 0 fully saturated rings. The molecule has 0 spiro atoms. The monoisotopic (exact) mass is 478 g/mol. The Morgan fingerprint density at radius 1 is 0.294 bits per heavy atom. The van der Waals surface area contributed by atoms with Crippen LogP contribution in [-0.2, 0) is 0 Å². The summed E-state index contributed by atoms with van der Waals surface area (Å²) in [6.45, 7) is 8.62. The molecular formula is C34H69. The highest BCUT2D eigenvalue weighted by Gasteiger charge is 1.97. The zero-order valence-electron chi connectivity index (χ0n) is 24.5. The van der Waals surface area contributed by atoms with E-state index in [1.165, 1.54) is 186 Å². The number of hydrogen-bond acceptors (Lipinski definition) is 0. The molecule has 0 heteroatoms. The molecule has 205 valence electrons. The molecule has 0 bridgehead atoms. The van der Waals surface area contributed by atoms with E-state index in [1.54, 1.807) is 0 Å². The van der Waals surface area contributed by atoms with Gasteiger partial charge >= 0.3 is 0 Å². The van der Waals surface area contributed by atoms with Crippen LogP contribution >= 0.6 is 0 Å². The zero-order chi connectivity index (χ0) is 24.8. The Kier molecular flexibility index (Phi) is 31.0. The molecule has 0 heterocycles. The molecule has 0 aliphatic rings. The van der Waals surface area contributed by atoms with Gasteiger partial charge in [0, 0.05) is 0 Å². The van der Waals surface area contributed by atoms with Gasteiger partial charge in [0.2, 0.25) is 0 Å². The van der Waals surface area contributed by atoms with E-state index in [0.717, 1.165) is 12.3 Å². The Balaban J connectivity index is 3.00.